The monoisotopic (exact) mass is 258 g/mol. The molecule has 0 heterocycles. The molecule has 0 aliphatic carbocycles. The summed E-state index contributed by atoms with van der Waals surface area (Å²) in [5.41, 5.74) is 0. The number of hydrogen-bond acceptors (Lipinski definition) is 6. The van der Waals surface area contributed by atoms with E-state index in [1.165, 1.54) is 0 Å². The molecule has 0 aliphatic rings. The maximum Gasteiger partial charge on any atom is 0.228 e. The Bertz CT molecular complexity index is 175. The minimum absolute atomic E-state index is 0.776. The molecule has 0 aliphatic heterocycles. The van der Waals surface area contributed by atoms with Crippen LogP contribution < -0.4 is 0 Å². The molecule has 0 spiro atoms. The lowest BCUT2D eigenvalue weighted by atomic mass is 10.0. The van der Waals surface area contributed by atoms with E-state index in [4.69, 9.17) is 25.5 Å². The van der Waals surface area contributed by atoms with Gasteiger partial charge in [-0.3, -0.25) is 4.79 Å². The summed E-state index contributed by atoms with van der Waals surface area (Å²) < 4.78 is -0.913. The first-order valence-corrected chi connectivity index (χ1v) is 4.23. The van der Waals surface area contributed by atoms with Crippen molar-refractivity contribution in [1.82, 2.24) is 0 Å². The number of hydrogen-bond donors (Lipinski definition) is 5. The fourth-order valence-electron chi connectivity index (χ4n) is 0.657. The maximum atomic E-state index is 10.5. The largest absolute Gasteiger partial charge is 0.394 e. The number of rotatable bonds is 5. The predicted octanol–water partition coefficient (Wildman–Crippen LogP) is -2.66. The Labute approximate surface area is 82.6 Å². The van der Waals surface area contributed by atoms with Gasteiger partial charge in [-0.05, 0) is 15.9 Å². The predicted molar refractivity (Wildman–Crippen MR) is 45.0 cm³/mol. The van der Waals surface area contributed by atoms with Crippen LogP contribution in [-0.2, 0) is 4.79 Å². The van der Waals surface area contributed by atoms with Gasteiger partial charge in [0.2, 0.25) is 4.69 Å². The van der Waals surface area contributed by atoms with E-state index < -0.39 is 35.7 Å². The van der Waals surface area contributed by atoms with Crippen LogP contribution in [0.4, 0.5) is 0 Å². The number of aliphatic hydroxyl groups is 5. The van der Waals surface area contributed by atoms with Crippen LogP contribution in [0.1, 0.15) is 0 Å². The van der Waals surface area contributed by atoms with Crippen molar-refractivity contribution >= 4 is 20.6 Å². The second-order valence-corrected chi connectivity index (χ2v) is 3.26. The Morgan fingerprint density at radius 3 is 1.92 bits per heavy atom. The van der Waals surface area contributed by atoms with E-state index in [1.807, 2.05) is 0 Å². The van der Waals surface area contributed by atoms with Crippen molar-refractivity contribution in [2.24, 2.45) is 0 Å². The van der Waals surface area contributed by atoms with Gasteiger partial charge in [0, 0.05) is 0 Å². The van der Waals surface area contributed by atoms with Gasteiger partial charge in [-0.25, -0.2) is 0 Å². The molecule has 0 saturated carbocycles. The van der Waals surface area contributed by atoms with Crippen LogP contribution in [0.3, 0.4) is 0 Å². The lowest BCUT2D eigenvalue weighted by molar-refractivity contribution is -0.138. The summed E-state index contributed by atoms with van der Waals surface area (Å²) in [6.45, 7) is -0.776. The highest BCUT2D eigenvalue weighted by atomic mass is 79.9. The second kappa shape index (κ2) is 5.63. The first kappa shape index (κ1) is 12.9. The summed E-state index contributed by atoms with van der Waals surface area (Å²) in [6, 6.07) is 0. The van der Waals surface area contributed by atoms with Gasteiger partial charge in [0.05, 0.1) is 6.61 Å². The van der Waals surface area contributed by atoms with Crippen LogP contribution >= 0.6 is 15.9 Å². The second-order valence-electron chi connectivity index (χ2n) is 2.48. The zero-order valence-electron chi connectivity index (χ0n) is 6.54. The Morgan fingerprint density at radius 2 is 1.62 bits per heavy atom. The van der Waals surface area contributed by atoms with Crippen molar-refractivity contribution in [3.8, 4) is 0 Å². The van der Waals surface area contributed by atoms with Gasteiger partial charge in [0.15, 0.2) is 6.10 Å². The Balaban J connectivity index is 4.24. The molecular formula is C6H11BrO6. The molecule has 78 valence electrons. The third-order valence-electron chi connectivity index (χ3n) is 1.49. The Hall–Kier alpha value is -0.0500. The molecule has 0 saturated heterocycles. The van der Waals surface area contributed by atoms with Gasteiger partial charge in [-0.1, -0.05) is 0 Å². The fraction of sp³-hybridized carbons (Fsp3) is 0.833. The summed E-state index contributed by atoms with van der Waals surface area (Å²) in [4.78, 5) is 10.5. The molecular weight excluding hydrogens is 248 g/mol. The molecule has 5 N–H and O–H groups in total. The quantitative estimate of drug-likeness (QED) is 0.344. The molecule has 0 aromatic carbocycles. The molecule has 0 aromatic heterocycles. The van der Waals surface area contributed by atoms with E-state index in [0.29, 0.717) is 0 Å². The average Bonchev–Trinajstić information content (AvgIpc) is 2.12. The van der Waals surface area contributed by atoms with E-state index in [1.54, 1.807) is 0 Å². The molecule has 0 fully saturated rings. The number of carbonyl (C=O) groups is 1. The number of carbonyl (C=O) groups excluding carboxylic acids is 1. The lowest BCUT2D eigenvalue weighted by Crippen LogP contribution is -2.47. The lowest BCUT2D eigenvalue weighted by Gasteiger charge is -2.23. The summed E-state index contributed by atoms with van der Waals surface area (Å²) in [6.07, 6.45) is -7.05. The number of aliphatic hydroxyl groups excluding tert-OH is 5. The van der Waals surface area contributed by atoms with Crippen molar-refractivity contribution in [3.05, 3.63) is 0 Å². The molecule has 0 aromatic rings. The van der Waals surface area contributed by atoms with E-state index in [0.717, 1.165) is 0 Å². The van der Waals surface area contributed by atoms with E-state index >= 15 is 0 Å². The van der Waals surface area contributed by atoms with Crippen LogP contribution in [0, 0.1) is 0 Å². The van der Waals surface area contributed by atoms with Crippen LogP contribution in [0.5, 0.6) is 0 Å². The van der Waals surface area contributed by atoms with Crippen molar-refractivity contribution in [2.45, 2.75) is 24.4 Å². The third kappa shape index (κ3) is 3.67. The normalized spacial score (nSPS) is 20.5. The number of halogens is 1. The highest BCUT2D eigenvalue weighted by Crippen LogP contribution is 2.07. The Kier molecular flexibility index (Phi) is 5.61. The third-order valence-corrected chi connectivity index (χ3v) is 1.96. The van der Waals surface area contributed by atoms with Gasteiger partial charge in [0.1, 0.15) is 18.3 Å². The van der Waals surface area contributed by atoms with Gasteiger partial charge in [0.25, 0.3) is 0 Å². The van der Waals surface area contributed by atoms with E-state index in [2.05, 4.69) is 15.9 Å². The van der Waals surface area contributed by atoms with Crippen LogP contribution in [0.15, 0.2) is 0 Å². The smallest absolute Gasteiger partial charge is 0.228 e. The van der Waals surface area contributed by atoms with Gasteiger partial charge >= 0.3 is 0 Å². The van der Waals surface area contributed by atoms with Crippen molar-refractivity contribution in [3.63, 3.8) is 0 Å². The van der Waals surface area contributed by atoms with Crippen molar-refractivity contribution in [2.75, 3.05) is 6.61 Å². The molecule has 0 amide bonds. The zero-order chi connectivity index (χ0) is 10.6. The van der Waals surface area contributed by atoms with Crippen molar-refractivity contribution < 1.29 is 30.3 Å². The van der Waals surface area contributed by atoms with Gasteiger partial charge in [-0.2, -0.15) is 0 Å². The summed E-state index contributed by atoms with van der Waals surface area (Å²) in [5.74, 6) is 0. The molecule has 4 atom stereocenters. The molecule has 0 bridgehead atoms. The van der Waals surface area contributed by atoms with Crippen LogP contribution in [0.2, 0.25) is 0 Å². The summed E-state index contributed by atoms with van der Waals surface area (Å²) in [5, 5.41) is 44.2. The molecule has 7 heteroatoms. The zero-order valence-corrected chi connectivity index (χ0v) is 8.12. The minimum atomic E-state index is -1.84. The molecule has 0 radical (unpaired) electrons. The topological polar surface area (TPSA) is 118 Å². The van der Waals surface area contributed by atoms with Crippen molar-refractivity contribution in [1.29, 1.82) is 0 Å². The Morgan fingerprint density at radius 1 is 1.15 bits per heavy atom. The average molecular weight is 259 g/mol. The van der Waals surface area contributed by atoms with E-state index in [9.17, 15) is 4.79 Å². The summed E-state index contributed by atoms with van der Waals surface area (Å²) >= 11 is 2.38. The minimum Gasteiger partial charge on any atom is -0.394 e. The van der Waals surface area contributed by atoms with Gasteiger partial charge in [-0.15, -0.1) is 0 Å². The molecule has 6 nitrogen and oxygen atoms in total. The molecule has 0 rings (SSSR count). The van der Waals surface area contributed by atoms with E-state index in [-0.39, 0.29) is 0 Å². The molecule has 0 unspecified atom stereocenters. The molecule has 13 heavy (non-hydrogen) atoms. The van der Waals surface area contributed by atoms with Gasteiger partial charge < -0.3 is 25.5 Å². The fourth-order valence-corrected chi connectivity index (χ4v) is 0.927. The first-order chi connectivity index (χ1) is 5.91. The summed E-state index contributed by atoms with van der Waals surface area (Å²) in [7, 11) is 0. The maximum absolute atomic E-state index is 10.5. The standard InChI is InChI=1S/C6H11BrO6/c7-6(13)5(12)4(11)3(10)2(9)1-8/h2-5,8-12H,1H2/t2-,3-,4+,5+/m1/s1. The SMILES string of the molecule is O=C(Br)[C@@H](O)[C@@H](O)[C@H](O)[C@H](O)CO. The highest BCUT2D eigenvalue weighted by Gasteiger charge is 2.32. The highest BCUT2D eigenvalue weighted by molar-refractivity contribution is 9.18. The first-order valence-electron chi connectivity index (χ1n) is 3.44. The van der Waals surface area contributed by atoms with Crippen LogP contribution in [0.25, 0.3) is 0 Å². The van der Waals surface area contributed by atoms with Crippen LogP contribution in [-0.4, -0.2) is 61.2 Å².